The second-order valence-corrected chi connectivity index (χ2v) is 0.610. The van der Waals surface area contributed by atoms with Crippen LogP contribution in [0.4, 0.5) is 0 Å². The third-order valence-corrected chi connectivity index (χ3v) is 0. The van der Waals surface area contributed by atoms with Gasteiger partial charge in [0, 0.05) is 0 Å². The van der Waals surface area contributed by atoms with Crippen molar-refractivity contribution in [2.75, 3.05) is 0 Å². The van der Waals surface area contributed by atoms with Gasteiger partial charge < -0.3 is 0 Å². The topological polar surface area (TPSA) is 37.3 Å². The molecule has 0 heterocycles. The Labute approximate surface area is 36.5 Å². The molecule has 0 aliphatic rings. The molecule has 0 fully saturated rings. The second kappa shape index (κ2) is 9.11. The van der Waals surface area contributed by atoms with E-state index in [-0.39, 0.29) is 9.90 Å². The van der Waals surface area contributed by atoms with Crippen molar-refractivity contribution in [1.29, 1.82) is 0 Å². The Morgan fingerprint density at radius 3 is 1.75 bits per heavy atom. The summed E-state index contributed by atoms with van der Waals surface area (Å²) in [7, 11) is 0. The van der Waals surface area contributed by atoms with Crippen LogP contribution in [-0.2, 0) is 22.3 Å². The molecule has 0 spiro atoms. The van der Waals surface area contributed by atoms with Crippen LogP contribution in [0.5, 0.6) is 0 Å². The molecule has 0 rings (SSSR count). The van der Waals surface area contributed by atoms with Crippen molar-refractivity contribution in [2.24, 2.45) is 0 Å². The quantitative estimate of drug-likeness (QED) is 0.582. The van der Waals surface area contributed by atoms with E-state index in [1.165, 1.54) is 0 Å². The summed E-state index contributed by atoms with van der Waals surface area (Å²) in [4.78, 5) is 0. The molecule has 0 amide bonds. The first-order valence-electron chi connectivity index (χ1n) is 0.349. The van der Waals surface area contributed by atoms with Crippen molar-refractivity contribution in [1.82, 2.24) is 0 Å². The third-order valence-electron chi connectivity index (χ3n) is 0. The fourth-order valence-corrected chi connectivity index (χ4v) is 0. The van der Waals surface area contributed by atoms with Gasteiger partial charge in [0.2, 0.25) is 0 Å². The summed E-state index contributed by atoms with van der Waals surface area (Å²) in [6.45, 7) is 0. The molecule has 4 heteroatoms. The summed E-state index contributed by atoms with van der Waals surface area (Å²) in [6.07, 6.45) is 0. The van der Waals surface area contributed by atoms with Gasteiger partial charge in [-0.2, -0.15) is 9.90 Å². The summed E-state index contributed by atoms with van der Waals surface area (Å²) < 4.78 is 15.8. The Bertz CT molecular complexity index is 13.5. The first kappa shape index (κ1) is 8.86. The zero-order valence-corrected chi connectivity index (χ0v) is 6.32. The first-order chi connectivity index (χ1) is 1.41. The normalized spacial score (nSPS) is 3.25. The van der Waals surface area contributed by atoms with E-state index in [4.69, 9.17) is 7.16 Å². The van der Waals surface area contributed by atoms with Crippen LogP contribution in [0.15, 0.2) is 0 Å². The van der Waals surface area contributed by atoms with Gasteiger partial charge in [-0.3, -0.25) is 0 Å². The predicted octanol–water partition coefficient (Wildman–Crippen LogP) is -0.620. The minimum absolute atomic E-state index is 0. The molecule has 0 aromatic heterocycles. The molecule has 1 N–H and O–H groups in total. The van der Waals surface area contributed by atoms with Crippen LogP contribution in [0.2, 0.25) is 0 Å². The summed E-state index contributed by atoms with van der Waals surface area (Å²) in [5.41, 5.74) is 0. The van der Waals surface area contributed by atoms with E-state index in [1.54, 1.807) is 0 Å². The molecule has 0 aromatic carbocycles. The average molecular weight is 251 g/mol. The summed E-state index contributed by atoms with van der Waals surface area (Å²) >= 11 is -2.00. The maximum absolute atomic E-state index is 8.65. The molecule has 1 unspecified atom stereocenters. The van der Waals surface area contributed by atoms with Crippen LogP contribution in [0.25, 0.3) is 0 Å². The number of hydrogen-bond donors (Lipinski definition) is 1. The molecule has 0 saturated carbocycles. The second-order valence-electron chi connectivity index (χ2n) is 0.0745. The van der Waals surface area contributed by atoms with Gasteiger partial charge in [0.15, 0.2) is 0 Å². The van der Waals surface area contributed by atoms with Crippen molar-refractivity contribution in [2.45, 2.75) is 0 Å². The minimum atomic E-state index is -2.00. The summed E-state index contributed by atoms with van der Waals surface area (Å²) in [5.74, 6) is 0. The summed E-state index contributed by atoms with van der Waals surface area (Å²) in [6, 6.07) is 0. The Morgan fingerprint density at radius 2 is 1.75 bits per heavy atom. The van der Waals surface area contributed by atoms with E-state index in [0.717, 1.165) is 0 Å². The average Bonchev–Trinajstić information content (AvgIpc) is 0.918. The third kappa shape index (κ3) is 13.2. The van der Waals surface area contributed by atoms with Crippen LogP contribution in [0.3, 0.4) is 0 Å². The molecule has 0 aromatic rings. The van der Waals surface area contributed by atoms with E-state index >= 15 is 0 Å². The van der Waals surface area contributed by atoms with Crippen LogP contribution in [-0.4, -0.2) is 3.76 Å². The molecule has 0 aliphatic carbocycles. The first-order valence-corrected chi connectivity index (χ1v) is 2.86. The Kier molecular flexibility index (Phi) is 20.2. The number of rotatable bonds is 0. The standard InChI is InChI=1S/H2O.O.H3P.W/h1H2;;1H3;/q;;;+1/p-1. The van der Waals surface area contributed by atoms with Crippen LogP contribution >= 0.6 is 9.90 Å². The van der Waals surface area contributed by atoms with Crippen molar-refractivity contribution in [3.05, 3.63) is 0 Å². The Morgan fingerprint density at radius 1 is 1.75 bits per heavy atom. The van der Waals surface area contributed by atoms with Gasteiger partial charge in [-0.1, -0.05) is 0 Å². The van der Waals surface area contributed by atoms with Gasteiger partial charge in [-0.05, 0) is 0 Å². The van der Waals surface area contributed by atoms with Gasteiger partial charge >= 0.3 is 26.1 Å². The van der Waals surface area contributed by atoms with E-state index in [0.29, 0.717) is 0 Å². The van der Waals surface area contributed by atoms with Gasteiger partial charge in [-0.25, -0.2) is 0 Å². The molecule has 0 saturated heterocycles. The maximum atomic E-state index is 8.65. The fourth-order valence-electron chi connectivity index (χ4n) is 0. The van der Waals surface area contributed by atoms with Crippen molar-refractivity contribution >= 4 is 9.90 Å². The van der Waals surface area contributed by atoms with Crippen molar-refractivity contribution in [3.8, 4) is 0 Å². The molecule has 2 nitrogen and oxygen atoms in total. The van der Waals surface area contributed by atoms with Crippen LogP contribution in [0, 0.1) is 0 Å². The van der Waals surface area contributed by atoms with Gasteiger partial charge in [0.1, 0.15) is 0 Å². The summed E-state index contributed by atoms with van der Waals surface area (Å²) in [5, 5.41) is 0. The zero-order chi connectivity index (χ0) is 2.71. The molecule has 0 radical (unpaired) electrons. The van der Waals surface area contributed by atoms with Crippen LogP contribution in [0.1, 0.15) is 0 Å². The molecular weight excluding hydrogens is 247 g/mol. The Hall–Kier alpha value is 0.878. The zero-order valence-electron chi connectivity index (χ0n) is 1.97. The molecule has 27 valence electrons. The van der Waals surface area contributed by atoms with Crippen LogP contribution < -0.4 is 0 Å². The number of hydrogen-bond acceptors (Lipinski definition) is 1. The van der Waals surface area contributed by atoms with Gasteiger partial charge in [0.25, 0.3) is 0 Å². The van der Waals surface area contributed by atoms with Crippen molar-refractivity contribution < 1.29 is 26.1 Å². The molecule has 0 aliphatic heterocycles. The fraction of sp³-hybridized carbons (Fsp3) is 0. The molecule has 1 atom stereocenters. The molecule has 4 heavy (non-hydrogen) atoms. The van der Waals surface area contributed by atoms with E-state index in [2.05, 4.69) is 0 Å². The van der Waals surface area contributed by atoms with E-state index < -0.39 is 18.9 Å². The predicted molar refractivity (Wildman–Crippen MR) is 14.0 cm³/mol. The van der Waals surface area contributed by atoms with E-state index in [1.807, 2.05) is 0 Å². The van der Waals surface area contributed by atoms with Crippen molar-refractivity contribution in [3.63, 3.8) is 0 Å². The SMILES string of the molecule is P.[O]=[W][OH]. The van der Waals surface area contributed by atoms with Gasteiger partial charge in [0.05, 0.1) is 0 Å². The molecular formula is H4O2PW. The Balaban J connectivity index is 0. The monoisotopic (exact) mass is 251 g/mol. The van der Waals surface area contributed by atoms with Gasteiger partial charge in [-0.15, -0.1) is 0 Å². The van der Waals surface area contributed by atoms with E-state index in [9.17, 15) is 0 Å². The molecule has 0 bridgehead atoms.